The summed E-state index contributed by atoms with van der Waals surface area (Å²) in [6.45, 7) is 1.01. The number of esters is 1. The van der Waals surface area contributed by atoms with Crippen molar-refractivity contribution in [2.75, 3.05) is 6.54 Å². The van der Waals surface area contributed by atoms with Gasteiger partial charge in [-0.1, -0.05) is 0 Å². The standard InChI is InChI=1S/C18H19N3O5/c19-16(20)11-3-5-12(6-4-11)26-18(24)15-8-7-13(25-15)10-21-9-1-2-14(21)17(22)23/h3-8,14H,1-2,9-10H2,(H3,19,20)(H,22,23)/t14-/m1/s1. The molecular weight excluding hydrogens is 338 g/mol. The van der Waals surface area contributed by atoms with E-state index in [1.165, 1.54) is 6.07 Å². The first-order chi connectivity index (χ1) is 12.4. The monoisotopic (exact) mass is 357 g/mol. The number of carbonyl (C=O) groups excluding carboxylic acids is 1. The molecule has 8 heteroatoms. The average Bonchev–Trinajstić information content (AvgIpc) is 3.25. The Labute approximate surface area is 149 Å². The van der Waals surface area contributed by atoms with Crippen molar-refractivity contribution in [1.29, 1.82) is 5.41 Å². The molecule has 0 bridgehead atoms. The van der Waals surface area contributed by atoms with Crippen molar-refractivity contribution < 1.29 is 23.8 Å². The van der Waals surface area contributed by atoms with Gasteiger partial charge in [0.2, 0.25) is 5.76 Å². The Bertz CT molecular complexity index is 828. The van der Waals surface area contributed by atoms with E-state index in [2.05, 4.69) is 0 Å². The molecule has 1 aliphatic rings. The summed E-state index contributed by atoms with van der Waals surface area (Å²) in [6.07, 6.45) is 1.43. The largest absolute Gasteiger partial charge is 0.480 e. The minimum Gasteiger partial charge on any atom is -0.480 e. The number of carboxylic acids is 1. The van der Waals surface area contributed by atoms with Crippen LogP contribution >= 0.6 is 0 Å². The van der Waals surface area contributed by atoms with Gasteiger partial charge in [-0.25, -0.2) is 4.79 Å². The smallest absolute Gasteiger partial charge is 0.379 e. The molecule has 0 saturated carbocycles. The van der Waals surface area contributed by atoms with E-state index in [0.29, 0.717) is 36.6 Å². The number of nitrogen functional groups attached to an aromatic ring is 1. The maximum absolute atomic E-state index is 12.2. The summed E-state index contributed by atoms with van der Waals surface area (Å²) in [6, 6.07) is 8.88. The number of carboxylic acid groups (broad SMARTS) is 1. The molecule has 0 amide bonds. The molecule has 1 aromatic carbocycles. The normalized spacial score (nSPS) is 17.2. The number of benzene rings is 1. The van der Waals surface area contributed by atoms with Crippen molar-refractivity contribution in [3.05, 3.63) is 53.5 Å². The summed E-state index contributed by atoms with van der Waals surface area (Å²) >= 11 is 0. The van der Waals surface area contributed by atoms with Crippen LogP contribution in [0.5, 0.6) is 5.75 Å². The van der Waals surface area contributed by atoms with Crippen LogP contribution in [0.2, 0.25) is 0 Å². The minimum absolute atomic E-state index is 0.0433. The molecule has 1 fully saturated rings. The number of ether oxygens (including phenoxy) is 1. The van der Waals surface area contributed by atoms with E-state index in [4.69, 9.17) is 20.3 Å². The van der Waals surface area contributed by atoms with Crippen LogP contribution in [0.3, 0.4) is 0 Å². The van der Waals surface area contributed by atoms with Gasteiger partial charge in [0, 0.05) is 5.56 Å². The molecule has 136 valence electrons. The van der Waals surface area contributed by atoms with Crippen LogP contribution in [-0.4, -0.2) is 40.4 Å². The van der Waals surface area contributed by atoms with Gasteiger partial charge in [-0.2, -0.15) is 0 Å². The van der Waals surface area contributed by atoms with E-state index in [-0.39, 0.29) is 11.6 Å². The Hall–Kier alpha value is -3.13. The van der Waals surface area contributed by atoms with Gasteiger partial charge >= 0.3 is 11.9 Å². The predicted molar refractivity (Wildman–Crippen MR) is 92.2 cm³/mol. The number of likely N-dealkylation sites (tertiary alicyclic amines) is 1. The van der Waals surface area contributed by atoms with Crippen LogP contribution in [0.25, 0.3) is 0 Å². The molecule has 1 saturated heterocycles. The molecule has 1 aliphatic heterocycles. The lowest BCUT2D eigenvalue weighted by Crippen LogP contribution is -2.35. The summed E-state index contributed by atoms with van der Waals surface area (Å²) in [5, 5.41) is 16.5. The summed E-state index contributed by atoms with van der Waals surface area (Å²) in [4.78, 5) is 25.2. The molecule has 1 aromatic heterocycles. The molecule has 3 rings (SSSR count). The first-order valence-corrected chi connectivity index (χ1v) is 8.16. The predicted octanol–water partition coefficient (Wildman–Crippen LogP) is 1.83. The fourth-order valence-corrected chi connectivity index (χ4v) is 2.93. The number of furan rings is 1. The van der Waals surface area contributed by atoms with Gasteiger partial charge in [-0.05, 0) is 55.8 Å². The molecule has 2 heterocycles. The topological polar surface area (TPSA) is 130 Å². The number of nitrogens with two attached hydrogens (primary N) is 1. The van der Waals surface area contributed by atoms with E-state index in [0.717, 1.165) is 6.42 Å². The SMILES string of the molecule is N=C(N)c1ccc(OC(=O)c2ccc(CN3CCC[C@@H]3C(=O)O)o2)cc1. The third-order valence-corrected chi connectivity index (χ3v) is 4.25. The number of rotatable bonds is 6. The Morgan fingerprint density at radius 2 is 2.00 bits per heavy atom. The summed E-state index contributed by atoms with van der Waals surface area (Å²) < 4.78 is 10.7. The van der Waals surface area contributed by atoms with Gasteiger partial charge in [-0.3, -0.25) is 15.1 Å². The molecule has 0 unspecified atom stereocenters. The first kappa shape index (κ1) is 17.7. The molecule has 8 nitrogen and oxygen atoms in total. The number of carbonyl (C=O) groups is 2. The Kier molecular flexibility index (Phi) is 5.04. The van der Waals surface area contributed by atoms with E-state index >= 15 is 0 Å². The molecular formula is C18H19N3O5. The van der Waals surface area contributed by atoms with E-state index < -0.39 is 18.0 Å². The number of aliphatic carboxylic acids is 1. The van der Waals surface area contributed by atoms with Crippen LogP contribution in [0.1, 0.15) is 34.7 Å². The molecule has 0 aliphatic carbocycles. The van der Waals surface area contributed by atoms with Crippen LogP contribution in [0.15, 0.2) is 40.8 Å². The lowest BCUT2D eigenvalue weighted by molar-refractivity contribution is -0.142. The number of amidine groups is 1. The highest BCUT2D eigenvalue weighted by atomic mass is 16.5. The molecule has 0 spiro atoms. The van der Waals surface area contributed by atoms with Crippen LogP contribution in [0.4, 0.5) is 0 Å². The summed E-state index contributed by atoms with van der Waals surface area (Å²) in [5.41, 5.74) is 5.91. The molecule has 1 atom stereocenters. The van der Waals surface area contributed by atoms with Gasteiger partial charge in [0.15, 0.2) is 0 Å². The number of hydrogen-bond donors (Lipinski definition) is 3. The van der Waals surface area contributed by atoms with Crippen molar-refractivity contribution in [1.82, 2.24) is 4.90 Å². The van der Waals surface area contributed by atoms with Crippen LogP contribution in [-0.2, 0) is 11.3 Å². The second kappa shape index (κ2) is 7.40. The van der Waals surface area contributed by atoms with Gasteiger partial charge in [0.1, 0.15) is 23.4 Å². The van der Waals surface area contributed by atoms with Crippen molar-refractivity contribution in [2.45, 2.75) is 25.4 Å². The fraction of sp³-hybridized carbons (Fsp3) is 0.278. The number of nitrogens with zero attached hydrogens (tertiary/aromatic N) is 1. The Morgan fingerprint density at radius 1 is 1.27 bits per heavy atom. The van der Waals surface area contributed by atoms with Crippen LogP contribution < -0.4 is 10.5 Å². The summed E-state index contributed by atoms with van der Waals surface area (Å²) in [5.74, 6) is -0.701. The molecule has 26 heavy (non-hydrogen) atoms. The Morgan fingerprint density at radius 3 is 2.65 bits per heavy atom. The quantitative estimate of drug-likeness (QED) is 0.311. The van der Waals surface area contributed by atoms with Crippen LogP contribution in [0, 0.1) is 5.41 Å². The van der Waals surface area contributed by atoms with Gasteiger partial charge in [-0.15, -0.1) is 0 Å². The van der Waals surface area contributed by atoms with Gasteiger partial charge in [0.05, 0.1) is 6.54 Å². The number of nitrogens with one attached hydrogen (secondary N) is 1. The van der Waals surface area contributed by atoms with Gasteiger partial charge < -0.3 is 20.0 Å². The highest BCUT2D eigenvalue weighted by molar-refractivity contribution is 5.95. The first-order valence-electron chi connectivity index (χ1n) is 8.16. The zero-order valence-electron chi connectivity index (χ0n) is 14.0. The van der Waals surface area contributed by atoms with E-state index in [9.17, 15) is 14.7 Å². The maximum atomic E-state index is 12.2. The second-order valence-corrected chi connectivity index (χ2v) is 6.06. The van der Waals surface area contributed by atoms with Crippen molar-refractivity contribution in [3.63, 3.8) is 0 Å². The van der Waals surface area contributed by atoms with E-state index in [1.807, 2.05) is 4.90 Å². The second-order valence-electron chi connectivity index (χ2n) is 6.06. The zero-order chi connectivity index (χ0) is 18.7. The fourth-order valence-electron chi connectivity index (χ4n) is 2.93. The highest BCUT2D eigenvalue weighted by Crippen LogP contribution is 2.22. The maximum Gasteiger partial charge on any atom is 0.379 e. The Balaban J connectivity index is 1.62. The van der Waals surface area contributed by atoms with Crippen molar-refractivity contribution in [2.24, 2.45) is 5.73 Å². The minimum atomic E-state index is -0.845. The summed E-state index contributed by atoms with van der Waals surface area (Å²) in [7, 11) is 0. The van der Waals surface area contributed by atoms with Gasteiger partial charge in [0.25, 0.3) is 0 Å². The van der Waals surface area contributed by atoms with Crippen molar-refractivity contribution in [3.8, 4) is 5.75 Å². The third-order valence-electron chi connectivity index (χ3n) is 4.25. The molecule has 2 aromatic rings. The highest BCUT2D eigenvalue weighted by Gasteiger charge is 2.31. The lowest BCUT2D eigenvalue weighted by Gasteiger charge is -2.19. The molecule has 0 radical (unpaired) electrons. The lowest BCUT2D eigenvalue weighted by atomic mass is 10.2. The van der Waals surface area contributed by atoms with E-state index in [1.54, 1.807) is 30.3 Å². The molecule has 4 N–H and O–H groups in total. The van der Waals surface area contributed by atoms with Crippen molar-refractivity contribution >= 4 is 17.8 Å². The zero-order valence-corrected chi connectivity index (χ0v) is 14.0. The number of hydrogen-bond acceptors (Lipinski definition) is 6. The average molecular weight is 357 g/mol. The third kappa shape index (κ3) is 3.92.